The molecule has 1 N–H and O–H groups in total. The fourth-order valence-corrected chi connectivity index (χ4v) is 4.79. The molecular formula is C22H20BrClN2O3S. The molecule has 0 aliphatic heterocycles. The van der Waals surface area contributed by atoms with Gasteiger partial charge in [0.1, 0.15) is 6.54 Å². The van der Waals surface area contributed by atoms with E-state index < -0.39 is 15.9 Å². The number of hydrogen-bond donors (Lipinski definition) is 1. The third kappa shape index (κ3) is 5.03. The van der Waals surface area contributed by atoms with Crippen LogP contribution in [0.1, 0.15) is 11.1 Å². The van der Waals surface area contributed by atoms with Crippen molar-refractivity contribution in [2.75, 3.05) is 16.2 Å². The summed E-state index contributed by atoms with van der Waals surface area (Å²) in [4.78, 5) is 12.8. The van der Waals surface area contributed by atoms with Gasteiger partial charge in [0.15, 0.2) is 0 Å². The van der Waals surface area contributed by atoms with Crippen LogP contribution >= 0.6 is 27.5 Å². The van der Waals surface area contributed by atoms with E-state index in [1.54, 1.807) is 31.2 Å². The van der Waals surface area contributed by atoms with Crippen molar-refractivity contribution in [2.45, 2.75) is 18.7 Å². The van der Waals surface area contributed by atoms with E-state index in [0.29, 0.717) is 16.4 Å². The molecular weight excluding hydrogens is 488 g/mol. The van der Waals surface area contributed by atoms with Crippen molar-refractivity contribution in [1.82, 2.24) is 0 Å². The molecule has 8 heteroatoms. The highest BCUT2D eigenvalue weighted by Gasteiger charge is 2.28. The highest BCUT2D eigenvalue weighted by atomic mass is 79.9. The van der Waals surface area contributed by atoms with Gasteiger partial charge in [0, 0.05) is 15.2 Å². The molecule has 0 aliphatic rings. The van der Waals surface area contributed by atoms with Gasteiger partial charge in [0.05, 0.1) is 10.6 Å². The molecule has 0 saturated carbocycles. The van der Waals surface area contributed by atoms with Gasteiger partial charge >= 0.3 is 0 Å². The lowest BCUT2D eigenvalue weighted by Crippen LogP contribution is -2.38. The molecule has 0 unspecified atom stereocenters. The SMILES string of the molecule is Cc1cc(NC(=O)CN(c2ccccc2C)S(=O)(=O)c2ccc(Cl)cc2)ccc1Br. The topological polar surface area (TPSA) is 66.5 Å². The van der Waals surface area contributed by atoms with Gasteiger partial charge in [0.2, 0.25) is 5.91 Å². The van der Waals surface area contributed by atoms with Gasteiger partial charge in [-0.1, -0.05) is 45.7 Å². The van der Waals surface area contributed by atoms with Gasteiger partial charge in [-0.05, 0) is 73.5 Å². The zero-order chi connectivity index (χ0) is 21.9. The molecule has 0 radical (unpaired) electrons. The number of hydrogen-bond acceptors (Lipinski definition) is 3. The monoisotopic (exact) mass is 506 g/mol. The smallest absolute Gasteiger partial charge is 0.264 e. The summed E-state index contributed by atoms with van der Waals surface area (Å²) >= 11 is 9.33. The van der Waals surface area contributed by atoms with E-state index in [9.17, 15) is 13.2 Å². The van der Waals surface area contributed by atoms with E-state index in [1.807, 2.05) is 25.1 Å². The molecule has 3 rings (SSSR count). The number of benzene rings is 3. The zero-order valence-electron chi connectivity index (χ0n) is 16.4. The first-order valence-corrected chi connectivity index (χ1v) is 11.7. The molecule has 5 nitrogen and oxygen atoms in total. The van der Waals surface area contributed by atoms with Gasteiger partial charge in [0.25, 0.3) is 10.0 Å². The minimum atomic E-state index is -3.99. The number of sulfonamides is 1. The van der Waals surface area contributed by atoms with E-state index >= 15 is 0 Å². The second-order valence-electron chi connectivity index (χ2n) is 6.76. The van der Waals surface area contributed by atoms with E-state index in [1.165, 1.54) is 24.3 Å². The summed E-state index contributed by atoms with van der Waals surface area (Å²) in [5, 5.41) is 3.21. The van der Waals surface area contributed by atoms with Crippen LogP contribution in [0.3, 0.4) is 0 Å². The molecule has 1 amide bonds. The summed E-state index contributed by atoms with van der Waals surface area (Å²) in [7, 11) is -3.99. The predicted molar refractivity (Wildman–Crippen MR) is 125 cm³/mol. The maximum absolute atomic E-state index is 13.4. The first kappa shape index (κ1) is 22.3. The van der Waals surface area contributed by atoms with Crippen LogP contribution in [0.25, 0.3) is 0 Å². The molecule has 3 aromatic rings. The number of carbonyl (C=O) groups is 1. The Morgan fingerprint density at radius 1 is 1.00 bits per heavy atom. The van der Waals surface area contributed by atoms with Gasteiger partial charge < -0.3 is 5.32 Å². The van der Waals surface area contributed by atoms with Crippen molar-refractivity contribution >= 4 is 54.8 Å². The Kier molecular flexibility index (Phi) is 6.85. The highest BCUT2D eigenvalue weighted by molar-refractivity contribution is 9.10. The summed E-state index contributed by atoms with van der Waals surface area (Å²) in [6.07, 6.45) is 0. The zero-order valence-corrected chi connectivity index (χ0v) is 19.6. The molecule has 0 aromatic heterocycles. The minimum absolute atomic E-state index is 0.0578. The highest BCUT2D eigenvalue weighted by Crippen LogP contribution is 2.27. The van der Waals surface area contributed by atoms with Crippen LogP contribution in [0.5, 0.6) is 0 Å². The average molecular weight is 508 g/mol. The Hall–Kier alpha value is -2.35. The molecule has 0 aliphatic carbocycles. The standard InChI is InChI=1S/C22H20BrClN2O3S/c1-15-5-3-4-6-21(15)26(30(28,29)19-10-7-17(24)8-11-19)14-22(27)25-18-9-12-20(23)16(2)13-18/h3-13H,14H2,1-2H3,(H,25,27). The fourth-order valence-electron chi connectivity index (χ4n) is 2.93. The molecule has 3 aromatic carbocycles. The number of rotatable bonds is 6. The van der Waals surface area contributed by atoms with Gasteiger partial charge in [-0.25, -0.2) is 8.42 Å². The van der Waals surface area contributed by atoms with Gasteiger partial charge in [-0.2, -0.15) is 0 Å². The summed E-state index contributed by atoms with van der Waals surface area (Å²) in [5.74, 6) is -0.447. The summed E-state index contributed by atoms with van der Waals surface area (Å²) in [5.41, 5.74) is 2.73. The lowest BCUT2D eigenvalue weighted by atomic mass is 10.2. The summed E-state index contributed by atoms with van der Waals surface area (Å²) in [6.45, 7) is 3.34. The quantitative estimate of drug-likeness (QED) is 0.475. The van der Waals surface area contributed by atoms with Crippen molar-refractivity contribution in [1.29, 1.82) is 0 Å². The van der Waals surface area contributed by atoms with Gasteiger partial charge in [-0.3, -0.25) is 9.10 Å². The molecule has 0 atom stereocenters. The van der Waals surface area contributed by atoms with Crippen LogP contribution in [0, 0.1) is 13.8 Å². The molecule has 0 saturated heterocycles. The lowest BCUT2D eigenvalue weighted by molar-refractivity contribution is -0.114. The maximum atomic E-state index is 13.4. The number of halogens is 2. The van der Waals surface area contributed by atoms with Crippen molar-refractivity contribution in [3.63, 3.8) is 0 Å². The Morgan fingerprint density at radius 3 is 2.30 bits per heavy atom. The maximum Gasteiger partial charge on any atom is 0.264 e. The third-order valence-corrected chi connectivity index (χ3v) is 7.43. The van der Waals surface area contributed by atoms with E-state index in [0.717, 1.165) is 19.9 Å². The number of para-hydroxylation sites is 1. The first-order valence-electron chi connectivity index (χ1n) is 9.08. The average Bonchev–Trinajstić information content (AvgIpc) is 2.70. The number of nitrogens with zero attached hydrogens (tertiary/aromatic N) is 1. The number of nitrogens with one attached hydrogen (secondary N) is 1. The van der Waals surface area contributed by atoms with E-state index in [2.05, 4.69) is 21.2 Å². The molecule has 156 valence electrons. The van der Waals surface area contributed by atoms with Crippen molar-refractivity contribution < 1.29 is 13.2 Å². The summed E-state index contributed by atoms with van der Waals surface area (Å²) in [6, 6.07) is 18.3. The lowest BCUT2D eigenvalue weighted by Gasteiger charge is -2.25. The Morgan fingerprint density at radius 2 is 1.67 bits per heavy atom. The second kappa shape index (κ2) is 9.20. The number of amides is 1. The Bertz CT molecular complexity index is 1180. The third-order valence-electron chi connectivity index (χ3n) is 4.51. The van der Waals surface area contributed by atoms with Crippen LogP contribution in [0.4, 0.5) is 11.4 Å². The van der Waals surface area contributed by atoms with Crippen LogP contribution in [0.15, 0.2) is 76.1 Å². The van der Waals surface area contributed by atoms with Crippen LogP contribution in [-0.2, 0) is 14.8 Å². The molecule has 0 bridgehead atoms. The molecule has 0 spiro atoms. The van der Waals surface area contributed by atoms with Crippen molar-refractivity contribution in [2.24, 2.45) is 0 Å². The van der Waals surface area contributed by atoms with Crippen LogP contribution < -0.4 is 9.62 Å². The molecule has 30 heavy (non-hydrogen) atoms. The Balaban J connectivity index is 1.95. The number of anilines is 2. The van der Waals surface area contributed by atoms with Crippen molar-refractivity contribution in [3.05, 3.63) is 87.4 Å². The van der Waals surface area contributed by atoms with Crippen LogP contribution in [-0.4, -0.2) is 20.9 Å². The van der Waals surface area contributed by atoms with Crippen LogP contribution in [0.2, 0.25) is 5.02 Å². The largest absolute Gasteiger partial charge is 0.325 e. The van der Waals surface area contributed by atoms with E-state index in [4.69, 9.17) is 11.6 Å². The predicted octanol–water partition coefficient (Wildman–Crippen LogP) is 5.55. The van der Waals surface area contributed by atoms with Gasteiger partial charge in [-0.15, -0.1) is 0 Å². The normalized spacial score (nSPS) is 11.2. The van der Waals surface area contributed by atoms with Crippen molar-refractivity contribution in [3.8, 4) is 0 Å². The molecule has 0 fully saturated rings. The molecule has 0 heterocycles. The van der Waals surface area contributed by atoms with E-state index in [-0.39, 0.29) is 11.4 Å². The second-order valence-corrected chi connectivity index (χ2v) is 9.92. The minimum Gasteiger partial charge on any atom is -0.325 e. The number of aryl methyl sites for hydroxylation is 2. The Labute approximate surface area is 189 Å². The number of carbonyl (C=O) groups excluding carboxylic acids is 1. The fraction of sp³-hybridized carbons (Fsp3) is 0.136. The first-order chi connectivity index (χ1) is 14.2. The summed E-state index contributed by atoms with van der Waals surface area (Å²) < 4.78 is 28.8.